The Morgan fingerprint density at radius 1 is 1.07 bits per heavy atom. The van der Waals surface area contributed by atoms with Crippen LogP contribution >= 0.6 is 11.6 Å². The van der Waals surface area contributed by atoms with E-state index in [1.54, 1.807) is 6.20 Å². The molecule has 0 saturated carbocycles. The van der Waals surface area contributed by atoms with Crippen molar-refractivity contribution in [3.8, 4) is 17.1 Å². The smallest absolute Gasteiger partial charge is 0.241 e. The summed E-state index contributed by atoms with van der Waals surface area (Å²) in [6.45, 7) is 1.31. The Hall–Kier alpha value is -2.96. The van der Waals surface area contributed by atoms with Crippen molar-refractivity contribution in [1.82, 2.24) is 24.8 Å². The van der Waals surface area contributed by atoms with Gasteiger partial charge in [-0.1, -0.05) is 41.0 Å². The van der Waals surface area contributed by atoms with Gasteiger partial charge in [-0.15, -0.1) is 0 Å². The van der Waals surface area contributed by atoms with Crippen molar-refractivity contribution < 1.29 is 4.52 Å². The van der Waals surface area contributed by atoms with Gasteiger partial charge in [0.25, 0.3) is 0 Å². The van der Waals surface area contributed by atoms with Crippen molar-refractivity contribution in [2.75, 3.05) is 7.05 Å². The van der Waals surface area contributed by atoms with E-state index in [1.165, 1.54) is 5.56 Å². The maximum Gasteiger partial charge on any atom is 0.241 e. The fourth-order valence-electron chi connectivity index (χ4n) is 2.88. The van der Waals surface area contributed by atoms with Crippen molar-refractivity contribution in [3.05, 3.63) is 83.5 Å². The standard InChI is InChI=1S/C20H18ClN5O/c1-25(13-15-5-2-8-18(11-15)26-10-4-9-22-26)14-19-23-20(24-27-19)16-6-3-7-17(21)12-16/h2-12H,13-14H2,1H3. The zero-order valence-electron chi connectivity index (χ0n) is 14.8. The van der Waals surface area contributed by atoms with Crippen molar-refractivity contribution in [3.63, 3.8) is 0 Å². The van der Waals surface area contributed by atoms with Gasteiger partial charge in [0, 0.05) is 29.5 Å². The minimum Gasteiger partial charge on any atom is -0.338 e. The molecule has 0 bridgehead atoms. The lowest BCUT2D eigenvalue weighted by Crippen LogP contribution is -2.17. The van der Waals surface area contributed by atoms with Gasteiger partial charge in [-0.25, -0.2) is 4.68 Å². The molecule has 0 N–H and O–H groups in total. The predicted molar refractivity (Wildman–Crippen MR) is 103 cm³/mol. The van der Waals surface area contributed by atoms with Crippen LogP contribution in [-0.2, 0) is 13.1 Å². The average Bonchev–Trinajstić information content (AvgIpc) is 3.34. The molecule has 0 aliphatic rings. The maximum atomic E-state index is 6.03. The van der Waals surface area contributed by atoms with Crippen molar-refractivity contribution >= 4 is 11.6 Å². The van der Waals surface area contributed by atoms with Crippen LogP contribution in [0.2, 0.25) is 5.02 Å². The average molecular weight is 380 g/mol. The van der Waals surface area contributed by atoms with E-state index in [9.17, 15) is 0 Å². The number of halogens is 1. The number of rotatable bonds is 6. The third-order valence-corrected chi connectivity index (χ3v) is 4.32. The van der Waals surface area contributed by atoms with E-state index in [1.807, 2.05) is 60.4 Å². The monoisotopic (exact) mass is 379 g/mol. The van der Waals surface area contributed by atoms with Crippen LogP contribution in [0, 0.1) is 0 Å². The Labute approximate surface area is 162 Å². The number of benzene rings is 2. The molecule has 6 nitrogen and oxygen atoms in total. The second-order valence-electron chi connectivity index (χ2n) is 6.31. The highest BCUT2D eigenvalue weighted by molar-refractivity contribution is 6.30. The van der Waals surface area contributed by atoms with Crippen molar-refractivity contribution in [2.24, 2.45) is 0 Å². The zero-order chi connectivity index (χ0) is 18.6. The Morgan fingerprint density at radius 3 is 2.78 bits per heavy atom. The summed E-state index contributed by atoms with van der Waals surface area (Å²) in [5, 5.41) is 8.97. The number of hydrogen-bond donors (Lipinski definition) is 0. The summed E-state index contributed by atoms with van der Waals surface area (Å²) in [6, 6.07) is 17.6. The highest BCUT2D eigenvalue weighted by atomic mass is 35.5. The highest BCUT2D eigenvalue weighted by Gasteiger charge is 2.12. The third kappa shape index (κ3) is 4.24. The summed E-state index contributed by atoms with van der Waals surface area (Å²) < 4.78 is 7.24. The summed E-state index contributed by atoms with van der Waals surface area (Å²) in [5.41, 5.74) is 3.05. The van der Waals surface area contributed by atoms with E-state index in [2.05, 4.69) is 32.3 Å². The maximum absolute atomic E-state index is 6.03. The zero-order valence-corrected chi connectivity index (χ0v) is 15.5. The van der Waals surface area contributed by atoms with Crippen molar-refractivity contribution in [2.45, 2.75) is 13.1 Å². The van der Waals surface area contributed by atoms with Gasteiger partial charge in [-0.2, -0.15) is 10.1 Å². The molecule has 0 aliphatic carbocycles. The molecule has 0 unspecified atom stereocenters. The van der Waals surface area contributed by atoms with Crippen LogP contribution in [0.15, 0.2) is 71.5 Å². The summed E-state index contributed by atoms with van der Waals surface area (Å²) in [7, 11) is 2.02. The van der Waals surface area contributed by atoms with Gasteiger partial charge in [0.2, 0.25) is 11.7 Å². The third-order valence-electron chi connectivity index (χ3n) is 4.09. The minimum absolute atomic E-state index is 0.543. The van der Waals surface area contributed by atoms with E-state index in [-0.39, 0.29) is 0 Å². The SMILES string of the molecule is CN(Cc1cccc(-n2cccn2)c1)Cc1nc(-c2cccc(Cl)c2)no1. The van der Waals surface area contributed by atoms with E-state index < -0.39 is 0 Å². The quantitative estimate of drug-likeness (QED) is 0.502. The molecule has 0 atom stereocenters. The molecule has 0 saturated heterocycles. The van der Waals surface area contributed by atoms with Crippen LogP contribution in [-0.4, -0.2) is 31.9 Å². The van der Waals surface area contributed by atoms with Gasteiger partial charge in [0.15, 0.2) is 0 Å². The Bertz CT molecular complexity index is 1030. The summed E-state index contributed by atoms with van der Waals surface area (Å²) in [6.07, 6.45) is 3.70. The fraction of sp³-hybridized carbons (Fsp3) is 0.150. The van der Waals surface area contributed by atoms with E-state index in [4.69, 9.17) is 16.1 Å². The van der Waals surface area contributed by atoms with Gasteiger partial charge in [-0.05, 0) is 42.9 Å². The Morgan fingerprint density at radius 2 is 1.96 bits per heavy atom. The van der Waals surface area contributed by atoms with Crippen LogP contribution in [0.5, 0.6) is 0 Å². The van der Waals surface area contributed by atoms with Gasteiger partial charge in [0.1, 0.15) is 0 Å². The van der Waals surface area contributed by atoms with Gasteiger partial charge in [0.05, 0.1) is 12.2 Å². The first-order chi connectivity index (χ1) is 13.2. The van der Waals surface area contributed by atoms with Crippen LogP contribution in [0.1, 0.15) is 11.5 Å². The van der Waals surface area contributed by atoms with Gasteiger partial charge >= 0.3 is 0 Å². The molecule has 2 heterocycles. The lowest BCUT2D eigenvalue weighted by Gasteiger charge is -2.14. The lowest BCUT2D eigenvalue weighted by molar-refractivity contribution is 0.261. The van der Waals surface area contributed by atoms with Crippen LogP contribution in [0.25, 0.3) is 17.1 Å². The first-order valence-electron chi connectivity index (χ1n) is 8.53. The Balaban J connectivity index is 1.43. The molecular weight excluding hydrogens is 362 g/mol. The van der Waals surface area contributed by atoms with E-state index in [0.29, 0.717) is 23.3 Å². The minimum atomic E-state index is 0.543. The molecule has 7 heteroatoms. The number of hydrogen-bond acceptors (Lipinski definition) is 5. The Kier molecular flexibility index (Phi) is 5.00. The first-order valence-corrected chi connectivity index (χ1v) is 8.91. The summed E-state index contributed by atoms with van der Waals surface area (Å²) in [5.74, 6) is 1.11. The number of nitrogens with zero attached hydrogens (tertiary/aromatic N) is 5. The van der Waals surface area contributed by atoms with Crippen LogP contribution < -0.4 is 0 Å². The molecule has 0 fully saturated rings. The van der Waals surface area contributed by atoms with Gasteiger partial charge in [-0.3, -0.25) is 4.90 Å². The van der Waals surface area contributed by atoms with E-state index >= 15 is 0 Å². The molecule has 0 aliphatic heterocycles. The first kappa shape index (κ1) is 17.5. The fourth-order valence-corrected chi connectivity index (χ4v) is 3.07. The summed E-state index contributed by atoms with van der Waals surface area (Å²) in [4.78, 5) is 6.59. The topological polar surface area (TPSA) is 60.0 Å². The molecule has 136 valence electrons. The van der Waals surface area contributed by atoms with Crippen LogP contribution in [0.3, 0.4) is 0 Å². The molecule has 0 spiro atoms. The molecule has 4 rings (SSSR count). The lowest BCUT2D eigenvalue weighted by atomic mass is 10.2. The highest BCUT2D eigenvalue weighted by Crippen LogP contribution is 2.20. The summed E-state index contributed by atoms with van der Waals surface area (Å²) >= 11 is 6.03. The molecule has 0 amide bonds. The molecular formula is C20H18ClN5O. The normalized spacial score (nSPS) is 11.2. The predicted octanol–water partition coefficient (Wildman–Crippen LogP) is 4.21. The largest absolute Gasteiger partial charge is 0.338 e. The molecule has 0 radical (unpaired) electrons. The second kappa shape index (κ2) is 7.73. The van der Waals surface area contributed by atoms with Gasteiger partial charge < -0.3 is 4.52 Å². The number of aromatic nitrogens is 4. The van der Waals surface area contributed by atoms with E-state index in [0.717, 1.165) is 17.8 Å². The van der Waals surface area contributed by atoms with Crippen molar-refractivity contribution in [1.29, 1.82) is 0 Å². The van der Waals surface area contributed by atoms with Crippen LogP contribution in [0.4, 0.5) is 0 Å². The molecule has 2 aromatic heterocycles. The molecule has 27 heavy (non-hydrogen) atoms. The molecule has 2 aromatic carbocycles. The molecule has 4 aromatic rings. The second-order valence-corrected chi connectivity index (χ2v) is 6.75.